The predicted molar refractivity (Wildman–Crippen MR) is 90.9 cm³/mol. The fraction of sp³-hybridized carbons (Fsp3) is 0.214. The largest absolute Gasteiger partial charge is 0.430 e. The average molecular weight is 381 g/mol. The SMILES string of the molecule is OCCn1nnc(-c2cncnc2Nc2ccc(OC(F)(F)P)cc2)n1. The van der Waals surface area contributed by atoms with Crippen molar-refractivity contribution in [2.24, 2.45) is 0 Å². The lowest BCUT2D eigenvalue weighted by Gasteiger charge is -2.13. The van der Waals surface area contributed by atoms with Crippen LogP contribution in [0.3, 0.4) is 0 Å². The molecule has 0 radical (unpaired) electrons. The van der Waals surface area contributed by atoms with Crippen molar-refractivity contribution in [1.82, 2.24) is 30.2 Å². The van der Waals surface area contributed by atoms with Gasteiger partial charge in [-0.15, -0.1) is 10.2 Å². The van der Waals surface area contributed by atoms with Crippen LogP contribution in [0, 0.1) is 0 Å². The van der Waals surface area contributed by atoms with Crippen LogP contribution in [-0.4, -0.2) is 47.7 Å². The van der Waals surface area contributed by atoms with E-state index in [1.165, 1.54) is 38.7 Å². The molecule has 3 aromatic rings. The molecule has 0 aliphatic heterocycles. The number of anilines is 2. The van der Waals surface area contributed by atoms with Gasteiger partial charge in [-0.3, -0.25) is 0 Å². The minimum Gasteiger partial charge on any atom is -0.430 e. The van der Waals surface area contributed by atoms with Gasteiger partial charge in [-0.05, 0) is 38.7 Å². The van der Waals surface area contributed by atoms with Crippen molar-refractivity contribution in [1.29, 1.82) is 0 Å². The highest BCUT2D eigenvalue weighted by atomic mass is 31.0. The normalized spacial score (nSPS) is 11.4. The maximum Gasteiger partial charge on any atom is 0.408 e. The number of halogens is 2. The first-order chi connectivity index (χ1) is 12.4. The summed E-state index contributed by atoms with van der Waals surface area (Å²) in [7, 11) is 1.31. The van der Waals surface area contributed by atoms with Gasteiger partial charge in [0, 0.05) is 11.9 Å². The van der Waals surface area contributed by atoms with E-state index in [0.29, 0.717) is 17.1 Å². The van der Waals surface area contributed by atoms with E-state index in [0.717, 1.165) is 0 Å². The summed E-state index contributed by atoms with van der Waals surface area (Å²) in [6.45, 7) is 0.0984. The molecule has 0 amide bonds. The molecule has 3 rings (SSSR count). The molecule has 1 atom stereocenters. The van der Waals surface area contributed by atoms with Crippen LogP contribution in [-0.2, 0) is 6.54 Å². The Morgan fingerprint density at radius 3 is 2.73 bits per heavy atom. The number of benzene rings is 1. The smallest absolute Gasteiger partial charge is 0.408 e. The Morgan fingerprint density at radius 1 is 1.27 bits per heavy atom. The van der Waals surface area contributed by atoms with Crippen molar-refractivity contribution in [3.63, 3.8) is 0 Å². The molecule has 1 aromatic carbocycles. The minimum atomic E-state index is -3.33. The van der Waals surface area contributed by atoms with Crippen LogP contribution in [0.1, 0.15) is 0 Å². The van der Waals surface area contributed by atoms with Gasteiger partial charge in [0.15, 0.2) is 0 Å². The molecule has 1 unspecified atom stereocenters. The van der Waals surface area contributed by atoms with E-state index in [4.69, 9.17) is 5.11 Å². The Hall–Kier alpha value is -2.78. The maximum atomic E-state index is 12.8. The summed E-state index contributed by atoms with van der Waals surface area (Å²) < 4.78 is 30.1. The zero-order valence-electron chi connectivity index (χ0n) is 13.3. The highest BCUT2D eigenvalue weighted by Crippen LogP contribution is 2.29. The number of aliphatic hydroxyl groups excluding tert-OH is 1. The van der Waals surface area contributed by atoms with Crippen LogP contribution >= 0.6 is 9.24 Å². The van der Waals surface area contributed by atoms with Crippen molar-refractivity contribution < 1.29 is 18.6 Å². The quantitative estimate of drug-likeness (QED) is 0.595. The van der Waals surface area contributed by atoms with Crippen molar-refractivity contribution in [3.05, 3.63) is 36.8 Å². The second-order valence-electron chi connectivity index (χ2n) is 5.03. The third kappa shape index (κ3) is 4.64. The Bertz CT molecular complexity index is 870. The number of nitrogens with one attached hydrogen (secondary N) is 1. The first-order valence-corrected chi connectivity index (χ1v) is 7.94. The summed E-state index contributed by atoms with van der Waals surface area (Å²) in [4.78, 5) is 9.35. The van der Waals surface area contributed by atoms with Gasteiger partial charge >= 0.3 is 5.85 Å². The van der Waals surface area contributed by atoms with Gasteiger partial charge in [0.25, 0.3) is 0 Å². The average Bonchev–Trinajstić information content (AvgIpc) is 3.05. The molecule has 0 bridgehead atoms. The molecule has 0 aliphatic rings. The lowest BCUT2D eigenvalue weighted by atomic mass is 10.2. The molecule has 136 valence electrons. The summed E-state index contributed by atoms with van der Waals surface area (Å²) in [5.74, 6) is -2.62. The summed E-state index contributed by atoms with van der Waals surface area (Å²) >= 11 is 0. The number of rotatable bonds is 7. The fourth-order valence-electron chi connectivity index (χ4n) is 2.03. The Kier molecular flexibility index (Phi) is 5.29. The topological polar surface area (TPSA) is 111 Å². The second-order valence-corrected chi connectivity index (χ2v) is 5.70. The Balaban J connectivity index is 1.80. The third-order valence-corrected chi connectivity index (χ3v) is 3.19. The van der Waals surface area contributed by atoms with E-state index in [-0.39, 0.29) is 24.7 Å². The van der Waals surface area contributed by atoms with Crippen LogP contribution in [0.25, 0.3) is 11.4 Å². The van der Waals surface area contributed by atoms with E-state index in [2.05, 4.69) is 35.4 Å². The molecular formula is C14H14F2N7O2P. The molecule has 0 saturated carbocycles. The molecule has 2 heterocycles. The molecular weight excluding hydrogens is 367 g/mol. The molecule has 2 aromatic heterocycles. The molecule has 12 heteroatoms. The summed E-state index contributed by atoms with van der Waals surface area (Å²) in [5.41, 5.74) is 1.08. The summed E-state index contributed by atoms with van der Waals surface area (Å²) in [6.07, 6.45) is 2.86. The van der Waals surface area contributed by atoms with Gasteiger partial charge in [0.1, 0.15) is 17.9 Å². The number of hydrogen-bond acceptors (Lipinski definition) is 8. The van der Waals surface area contributed by atoms with Gasteiger partial charge in [-0.25, -0.2) is 9.97 Å². The van der Waals surface area contributed by atoms with Crippen LogP contribution in [0.4, 0.5) is 20.3 Å². The first-order valence-electron chi connectivity index (χ1n) is 7.36. The number of aromatic nitrogens is 6. The molecule has 0 fully saturated rings. The lowest BCUT2D eigenvalue weighted by molar-refractivity contribution is -0.0892. The van der Waals surface area contributed by atoms with Gasteiger partial charge in [-0.2, -0.15) is 13.6 Å². The molecule has 0 spiro atoms. The van der Waals surface area contributed by atoms with E-state index >= 15 is 0 Å². The van der Waals surface area contributed by atoms with Crippen molar-refractivity contribution in [3.8, 4) is 17.1 Å². The number of aliphatic hydroxyl groups is 1. The van der Waals surface area contributed by atoms with Gasteiger partial charge in [0.2, 0.25) is 5.82 Å². The summed E-state index contributed by atoms with van der Waals surface area (Å²) in [5, 5.41) is 23.8. The zero-order valence-corrected chi connectivity index (χ0v) is 14.4. The van der Waals surface area contributed by atoms with Crippen LogP contribution in [0.15, 0.2) is 36.8 Å². The van der Waals surface area contributed by atoms with Gasteiger partial charge in [0.05, 0.1) is 18.7 Å². The Labute approximate surface area is 148 Å². The minimum absolute atomic E-state index is 0.0204. The van der Waals surface area contributed by atoms with E-state index < -0.39 is 5.85 Å². The van der Waals surface area contributed by atoms with Crippen LogP contribution in [0.5, 0.6) is 5.75 Å². The Morgan fingerprint density at radius 2 is 2.04 bits per heavy atom. The summed E-state index contributed by atoms with van der Waals surface area (Å²) in [6, 6.07) is 5.93. The van der Waals surface area contributed by atoms with Gasteiger partial charge in [-0.1, -0.05) is 0 Å². The van der Waals surface area contributed by atoms with Crippen LogP contribution < -0.4 is 10.1 Å². The molecule has 2 N–H and O–H groups in total. The van der Waals surface area contributed by atoms with E-state index in [1.807, 2.05) is 0 Å². The lowest BCUT2D eigenvalue weighted by Crippen LogP contribution is -2.14. The number of alkyl halides is 2. The van der Waals surface area contributed by atoms with Crippen molar-refractivity contribution in [2.75, 3.05) is 11.9 Å². The first kappa shape index (κ1) is 18.0. The van der Waals surface area contributed by atoms with Crippen molar-refractivity contribution >= 4 is 20.7 Å². The standard InChI is InChI=1S/C14H14F2N7O2P/c15-14(16,26)25-10-3-1-9(2-4-10)19-12-11(7-17-8-18-12)13-20-22-23(21-13)5-6-24/h1-4,7-8,24H,5-6,26H2,(H,17,18,19). The highest BCUT2D eigenvalue weighted by molar-refractivity contribution is 7.17. The highest BCUT2D eigenvalue weighted by Gasteiger charge is 2.23. The molecule has 9 nitrogen and oxygen atoms in total. The number of tetrazole rings is 1. The molecule has 0 saturated heterocycles. The maximum absolute atomic E-state index is 12.8. The van der Waals surface area contributed by atoms with Gasteiger partial charge < -0.3 is 15.2 Å². The monoisotopic (exact) mass is 381 g/mol. The number of nitrogens with zero attached hydrogens (tertiary/aromatic N) is 6. The van der Waals surface area contributed by atoms with Crippen molar-refractivity contribution in [2.45, 2.75) is 12.4 Å². The predicted octanol–water partition coefficient (Wildman–Crippen LogP) is 1.67. The fourth-order valence-corrected chi connectivity index (χ4v) is 2.16. The van der Waals surface area contributed by atoms with E-state index in [1.54, 1.807) is 12.1 Å². The number of hydrogen-bond donors (Lipinski definition) is 2. The third-order valence-electron chi connectivity index (χ3n) is 3.08. The van der Waals surface area contributed by atoms with E-state index in [9.17, 15) is 8.78 Å². The second kappa shape index (κ2) is 7.63. The number of ether oxygens (including phenoxy) is 1. The zero-order chi connectivity index (χ0) is 18.6. The molecule has 26 heavy (non-hydrogen) atoms. The molecule has 0 aliphatic carbocycles. The van der Waals surface area contributed by atoms with Crippen LogP contribution in [0.2, 0.25) is 0 Å².